The zero-order chi connectivity index (χ0) is 19.0. The van der Waals surface area contributed by atoms with E-state index in [0.717, 1.165) is 11.3 Å². The monoisotopic (exact) mass is 357 g/mol. The van der Waals surface area contributed by atoms with Crippen LogP contribution in [0.3, 0.4) is 0 Å². The molecule has 0 unspecified atom stereocenters. The van der Waals surface area contributed by atoms with Gasteiger partial charge in [-0.3, -0.25) is 4.79 Å². The summed E-state index contributed by atoms with van der Waals surface area (Å²) in [5, 5.41) is 13.1. The minimum absolute atomic E-state index is 0.0871. The van der Waals surface area contributed by atoms with Gasteiger partial charge < -0.3 is 20.5 Å². The first-order chi connectivity index (χ1) is 12.4. The van der Waals surface area contributed by atoms with Gasteiger partial charge in [-0.05, 0) is 27.7 Å². The summed E-state index contributed by atoms with van der Waals surface area (Å²) >= 11 is 0. The molecule has 0 spiro atoms. The quantitative estimate of drug-likeness (QED) is 0.545. The van der Waals surface area contributed by atoms with Crippen LogP contribution >= 0.6 is 0 Å². The molecule has 0 aliphatic rings. The molecule has 0 saturated heterocycles. The molecular weight excluding hydrogens is 330 g/mol. The smallest absolute Gasteiger partial charge is 0.239 e. The topological polar surface area (TPSA) is 91.6 Å². The predicted molar refractivity (Wildman–Crippen MR) is 103 cm³/mol. The van der Waals surface area contributed by atoms with E-state index < -0.39 is 0 Å². The molecule has 0 aliphatic carbocycles. The van der Waals surface area contributed by atoms with Crippen LogP contribution in [0.1, 0.15) is 33.4 Å². The second kappa shape index (κ2) is 9.03. The lowest BCUT2D eigenvalue weighted by Gasteiger charge is -2.21. The maximum absolute atomic E-state index is 11.9. The second-order valence-corrected chi connectivity index (χ2v) is 6.90. The van der Waals surface area contributed by atoms with Crippen molar-refractivity contribution in [2.75, 3.05) is 13.1 Å². The molecule has 26 heavy (non-hydrogen) atoms. The van der Waals surface area contributed by atoms with Crippen LogP contribution in [0.4, 0.5) is 0 Å². The highest BCUT2D eigenvalue weighted by atomic mass is 16.5. The normalized spacial score (nSPS) is 11.9. The SMILES string of the molecule is CCNC(=NCc1cc(-c2ccccc2)on1)NCC(=O)NC(C)(C)C. The minimum Gasteiger partial charge on any atom is -0.357 e. The van der Waals surface area contributed by atoms with Gasteiger partial charge in [-0.2, -0.15) is 0 Å². The molecular formula is C19H27N5O2. The Morgan fingerprint density at radius 3 is 2.58 bits per heavy atom. The number of hydrogen-bond donors (Lipinski definition) is 3. The number of hydrogen-bond acceptors (Lipinski definition) is 4. The van der Waals surface area contributed by atoms with Gasteiger partial charge in [-0.25, -0.2) is 4.99 Å². The van der Waals surface area contributed by atoms with Gasteiger partial charge in [0.15, 0.2) is 11.7 Å². The largest absolute Gasteiger partial charge is 0.357 e. The summed E-state index contributed by atoms with van der Waals surface area (Å²) in [7, 11) is 0. The summed E-state index contributed by atoms with van der Waals surface area (Å²) < 4.78 is 5.37. The lowest BCUT2D eigenvalue weighted by Crippen LogP contribution is -2.48. The fourth-order valence-electron chi connectivity index (χ4n) is 2.25. The molecule has 2 aromatic rings. The van der Waals surface area contributed by atoms with Gasteiger partial charge in [0.25, 0.3) is 0 Å². The summed E-state index contributed by atoms with van der Waals surface area (Å²) in [6.07, 6.45) is 0. The van der Waals surface area contributed by atoms with Crippen LogP contribution in [-0.4, -0.2) is 35.7 Å². The highest BCUT2D eigenvalue weighted by Gasteiger charge is 2.13. The number of nitrogens with one attached hydrogen (secondary N) is 3. The van der Waals surface area contributed by atoms with Crippen molar-refractivity contribution in [3.63, 3.8) is 0 Å². The van der Waals surface area contributed by atoms with Gasteiger partial charge >= 0.3 is 0 Å². The minimum atomic E-state index is -0.261. The van der Waals surface area contributed by atoms with E-state index in [2.05, 4.69) is 26.1 Å². The van der Waals surface area contributed by atoms with E-state index in [1.54, 1.807) is 0 Å². The van der Waals surface area contributed by atoms with E-state index in [4.69, 9.17) is 4.52 Å². The van der Waals surface area contributed by atoms with Crippen LogP contribution in [0.2, 0.25) is 0 Å². The van der Waals surface area contributed by atoms with Crippen LogP contribution in [0.25, 0.3) is 11.3 Å². The third-order valence-electron chi connectivity index (χ3n) is 3.29. The Hall–Kier alpha value is -2.83. The van der Waals surface area contributed by atoms with Crippen molar-refractivity contribution in [2.24, 2.45) is 4.99 Å². The number of benzene rings is 1. The summed E-state index contributed by atoms with van der Waals surface area (Å²) in [5.41, 5.74) is 1.43. The van der Waals surface area contributed by atoms with Gasteiger partial charge in [0.2, 0.25) is 5.91 Å². The number of nitrogens with zero attached hydrogens (tertiary/aromatic N) is 2. The molecule has 0 aliphatic heterocycles. The molecule has 0 saturated carbocycles. The van der Waals surface area contributed by atoms with Crippen molar-refractivity contribution in [1.82, 2.24) is 21.1 Å². The fraction of sp³-hybridized carbons (Fsp3) is 0.421. The zero-order valence-electron chi connectivity index (χ0n) is 15.8. The average Bonchev–Trinajstić information content (AvgIpc) is 3.05. The lowest BCUT2D eigenvalue weighted by molar-refractivity contribution is -0.121. The van der Waals surface area contributed by atoms with Crippen LogP contribution in [0, 0.1) is 0 Å². The standard InChI is InChI=1S/C19H27N5O2/c1-5-20-18(22-13-17(25)23-19(2,3)4)21-12-15-11-16(26-24-15)14-9-7-6-8-10-14/h6-11H,5,12-13H2,1-4H3,(H,23,25)(H2,20,21,22). The van der Waals surface area contributed by atoms with E-state index in [0.29, 0.717) is 24.8 Å². The summed E-state index contributed by atoms with van der Waals surface area (Å²) in [4.78, 5) is 16.4. The molecule has 140 valence electrons. The number of aliphatic imine (C=N–C) groups is 1. The number of amides is 1. The van der Waals surface area contributed by atoms with Gasteiger partial charge in [0, 0.05) is 23.7 Å². The maximum Gasteiger partial charge on any atom is 0.239 e. The number of guanidine groups is 1. The Kier molecular flexibility index (Phi) is 6.77. The summed E-state index contributed by atoms with van der Waals surface area (Å²) in [6, 6.07) is 11.7. The van der Waals surface area contributed by atoms with Crippen molar-refractivity contribution in [3.8, 4) is 11.3 Å². The van der Waals surface area contributed by atoms with E-state index in [1.807, 2.05) is 64.1 Å². The second-order valence-electron chi connectivity index (χ2n) is 6.90. The Bertz CT molecular complexity index is 732. The first-order valence-electron chi connectivity index (χ1n) is 8.71. The van der Waals surface area contributed by atoms with Crippen molar-refractivity contribution < 1.29 is 9.32 Å². The van der Waals surface area contributed by atoms with Crippen molar-refractivity contribution >= 4 is 11.9 Å². The molecule has 1 aromatic heterocycles. The van der Waals surface area contributed by atoms with Crippen molar-refractivity contribution in [1.29, 1.82) is 0 Å². The van der Waals surface area contributed by atoms with Crippen LogP contribution < -0.4 is 16.0 Å². The number of carbonyl (C=O) groups excluding carboxylic acids is 1. The molecule has 0 bridgehead atoms. The highest BCUT2D eigenvalue weighted by molar-refractivity contribution is 5.86. The molecule has 7 heteroatoms. The van der Waals surface area contributed by atoms with E-state index in [1.165, 1.54) is 0 Å². The fourth-order valence-corrected chi connectivity index (χ4v) is 2.25. The van der Waals surface area contributed by atoms with E-state index in [-0.39, 0.29) is 18.0 Å². The van der Waals surface area contributed by atoms with E-state index >= 15 is 0 Å². The van der Waals surface area contributed by atoms with E-state index in [9.17, 15) is 4.79 Å². The third kappa shape index (κ3) is 6.58. The first-order valence-corrected chi connectivity index (χ1v) is 8.71. The molecule has 7 nitrogen and oxygen atoms in total. The highest BCUT2D eigenvalue weighted by Crippen LogP contribution is 2.19. The maximum atomic E-state index is 11.9. The Balaban J connectivity index is 1.94. The van der Waals surface area contributed by atoms with Gasteiger partial charge in [-0.1, -0.05) is 35.5 Å². The number of aromatic nitrogens is 1. The molecule has 2 rings (SSSR count). The average molecular weight is 357 g/mol. The summed E-state index contributed by atoms with van der Waals surface area (Å²) in [5.74, 6) is 1.18. The van der Waals surface area contributed by atoms with Crippen molar-refractivity contribution in [3.05, 3.63) is 42.1 Å². The predicted octanol–water partition coefficient (Wildman–Crippen LogP) is 2.31. The summed E-state index contributed by atoms with van der Waals surface area (Å²) in [6.45, 7) is 9.00. The number of rotatable bonds is 6. The Morgan fingerprint density at radius 2 is 1.92 bits per heavy atom. The molecule has 1 aromatic carbocycles. The molecule has 0 radical (unpaired) electrons. The van der Waals surface area contributed by atoms with Crippen molar-refractivity contribution in [2.45, 2.75) is 39.8 Å². The van der Waals surface area contributed by atoms with Gasteiger partial charge in [0.05, 0.1) is 13.1 Å². The third-order valence-corrected chi connectivity index (χ3v) is 3.29. The van der Waals surface area contributed by atoms with Crippen LogP contribution in [0.5, 0.6) is 0 Å². The van der Waals surface area contributed by atoms with Crippen LogP contribution in [-0.2, 0) is 11.3 Å². The molecule has 1 heterocycles. The molecule has 1 amide bonds. The number of carbonyl (C=O) groups is 1. The Morgan fingerprint density at radius 1 is 1.19 bits per heavy atom. The molecule has 0 atom stereocenters. The van der Waals surface area contributed by atoms with Gasteiger partial charge in [0.1, 0.15) is 5.69 Å². The van der Waals surface area contributed by atoms with Gasteiger partial charge in [-0.15, -0.1) is 0 Å². The Labute approximate surface area is 154 Å². The molecule has 0 fully saturated rings. The molecule has 3 N–H and O–H groups in total. The first kappa shape index (κ1) is 19.5. The van der Waals surface area contributed by atoms with Crippen LogP contribution in [0.15, 0.2) is 45.9 Å². The lowest BCUT2D eigenvalue weighted by atomic mass is 10.1. The zero-order valence-corrected chi connectivity index (χ0v) is 15.8.